The first-order valence-electron chi connectivity index (χ1n) is 9.61. The fourth-order valence-corrected chi connectivity index (χ4v) is 3.65. The van der Waals surface area contributed by atoms with Gasteiger partial charge in [-0.05, 0) is 47.4 Å². The fourth-order valence-electron chi connectivity index (χ4n) is 3.65. The maximum Gasteiger partial charge on any atom is 0.180 e. The Hall–Kier alpha value is -3.09. The number of benzene rings is 2. The molecule has 3 aromatic rings. The van der Waals surface area contributed by atoms with Crippen molar-refractivity contribution in [2.24, 2.45) is 0 Å². The summed E-state index contributed by atoms with van der Waals surface area (Å²) in [5, 5.41) is 22.4. The molecule has 0 saturated heterocycles. The first-order valence-corrected chi connectivity index (χ1v) is 9.61. The Morgan fingerprint density at radius 2 is 1.93 bits per heavy atom. The van der Waals surface area contributed by atoms with Crippen molar-refractivity contribution < 1.29 is 19.7 Å². The minimum atomic E-state index is -1.53. The van der Waals surface area contributed by atoms with Crippen molar-refractivity contribution in [3.8, 4) is 22.6 Å². The molecule has 6 nitrogen and oxygen atoms in total. The highest BCUT2D eigenvalue weighted by Crippen LogP contribution is 2.37. The largest absolute Gasteiger partial charge is 0.497 e. The third kappa shape index (κ3) is 4.18. The summed E-state index contributed by atoms with van der Waals surface area (Å²) in [6.45, 7) is 1.30. The summed E-state index contributed by atoms with van der Waals surface area (Å²) < 4.78 is 11.2. The molecule has 0 saturated carbocycles. The highest BCUT2D eigenvalue weighted by molar-refractivity contribution is 5.67. The monoisotopic (exact) mass is 392 g/mol. The molecule has 4 rings (SSSR count). The van der Waals surface area contributed by atoms with E-state index in [-0.39, 0.29) is 5.92 Å². The van der Waals surface area contributed by atoms with Crippen LogP contribution in [0.2, 0.25) is 0 Å². The molecule has 1 aromatic heterocycles. The van der Waals surface area contributed by atoms with Gasteiger partial charge in [0.25, 0.3) is 0 Å². The van der Waals surface area contributed by atoms with E-state index in [2.05, 4.69) is 28.5 Å². The number of aliphatic hydroxyl groups is 2. The third-order valence-corrected chi connectivity index (χ3v) is 5.27. The van der Waals surface area contributed by atoms with Crippen molar-refractivity contribution in [3.05, 3.63) is 72.1 Å². The highest BCUT2D eigenvalue weighted by atomic mass is 16.5. The maximum absolute atomic E-state index is 9.53. The van der Waals surface area contributed by atoms with Crippen LogP contribution < -0.4 is 14.8 Å². The molecule has 0 bridgehead atoms. The van der Waals surface area contributed by atoms with Gasteiger partial charge in [0.05, 0.1) is 25.6 Å². The normalized spacial score (nSPS) is 15.5. The van der Waals surface area contributed by atoms with Gasteiger partial charge in [0.2, 0.25) is 0 Å². The smallest absolute Gasteiger partial charge is 0.180 e. The molecule has 1 aliphatic rings. The summed E-state index contributed by atoms with van der Waals surface area (Å²) in [7, 11) is 1.66. The summed E-state index contributed by atoms with van der Waals surface area (Å²) in [6, 6.07) is 15.9. The minimum absolute atomic E-state index is 0.257. The summed E-state index contributed by atoms with van der Waals surface area (Å²) in [6.07, 6.45) is 2.51. The summed E-state index contributed by atoms with van der Waals surface area (Å²) in [5.74, 6) is 1.98. The van der Waals surface area contributed by atoms with Crippen LogP contribution in [-0.2, 0) is 0 Å². The number of aromatic nitrogens is 1. The third-order valence-electron chi connectivity index (χ3n) is 5.27. The molecule has 3 N–H and O–H groups in total. The van der Waals surface area contributed by atoms with Crippen LogP contribution in [0.5, 0.6) is 11.5 Å². The van der Waals surface area contributed by atoms with E-state index in [0.29, 0.717) is 24.4 Å². The number of hydrogen-bond acceptors (Lipinski definition) is 6. The van der Waals surface area contributed by atoms with E-state index >= 15 is 0 Å². The zero-order valence-electron chi connectivity index (χ0n) is 16.2. The van der Waals surface area contributed by atoms with Gasteiger partial charge < -0.3 is 25.0 Å². The lowest BCUT2D eigenvalue weighted by Gasteiger charge is -2.27. The second kappa shape index (κ2) is 8.51. The van der Waals surface area contributed by atoms with Gasteiger partial charge >= 0.3 is 0 Å². The standard InChI is InChI=1S/C23H24N2O4/c1-28-18-5-2-15(3-6-18)16-4-7-19-17(9-11-29-22(19)12-16)13-25-21-14-24-10-8-20(21)23(26)27/h2-8,10,12,14,17,23,25-27H,9,11,13H2,1H3/t17-/m1/s1. The van der Waals surface area contributed by atoms with Gasteiger partial charge in [-0.15, -0.1) is 0 Å². The fraction of sp³-hybridized carbons (Fsp3) is 0.261. The second-order valence-electron chi connectivity index (χ2n) is 7.03. The highest BCUT2D eigenvalue weighted by Gasteiger charge is 2.22. The van der Waals surface area contributed by atoms with Crippen molar-refractivity contribution in [3.63, 3.8) is 0 Å². The van der Waals surface area contributed by atoms with Crippen molar-refractivity contribution >= 4 is 5.69 Å². The molecule has 0 amide bonds. The maximum atomic E-state index is 9.53. The molecule has 0 spiro atoms. The van der Waals surface area contributed by atoms with Crippen LogP contribution in [0, 0.1) is 0 Å². The Kier molecular flexibility index (Phi) is 5.64. The predicted octanol–water partition coefficient (Wildman–Crippen LogP) is 3.72. The SMILES string of the molecule is COc1ccc(-c2ccc3c(c2)OCC[C@@H]3CNc2cnccc2C(O)O)cc1. The Morgan fingerprint density at radius 1 is 1.14 bits per heavy atom. The van der Waals surface area contributed by atoms with E-state index in [1.807, 2.05) is 24.3 Å². The van der Waals surface area contributed by atoms with Gasteiger partial charge in [0.1, 0.15) is 11.5 Å². The first-order chi connectivity index (χ1) is 14.2. The van der Waals surface area contributed by atoms with Gasteiger partial charge in [0, 0.05) is 24.2 Å². The second-order valence-corrected chi connectivity index (χ2v) is 7.03. The number of aliphatic hydroxyl groups excluding tert-OH is 1. The van der Waals surface area contributed by atoms with Crippen LogP contribution in [-0.4, -0.2) is 35.5 Å². The molecule has 1 atom stereocenters. The first kappa shape index (κ1) is 19.2. The number of methoxy groups -OCH3 is 1. The van der Waals surface area contributed by atoms with Crippen molar-refractivity contribution in [1.29, 1.82) is 0 Å². The molecule has 0 unspecified atom stereocenters. The average molecular weight is 392 g/mol. The Morgan fingerprint density at radius 3 is 2.69 bits per heavy atom. The van der Waals surface area contributed by atoms with E-state index < -0.39 is 6.29 Å². The number of fused-ring (bicyclic) bond motifs is 1. The summed E-state index contributed by atoms with van der Waals surface area (Å²) >= 11 is 0. The van der Waals surface area contributed by atoms with Gasteiger partial charge in [-0.3, -0.25) is 4.98 Å². The lowest BCUT2D eigenvalue weighted by molar-refractivity contribution is -0.0419. The zero-order valence-corrected chi connectivity index (χ0v) is 16.2. The number of ether oxygens (including phenoxy) is 2. The quantitative estimate of drug-likeness (QED) is 0.555. The van der Waals surface area contributed by atoms with Gasteiger partial charge in [0.15, 0.2) is 6.29 Å². The molecule has 2 aromatic carbocycles. The molecule has 0 aliphatic carbocycles. The average Bonchev–Trinajstić information content (AvgIpc) is 2.77. The molecule has 1 aliphatic heterocycles. The van der Waals surface area contributed by atoms with Crippen LogP contribution in [0.4, 0.5) is 5.69 Å². The number of nitrogens with zero attached hydrogens (tertiary/aromatic N) is 1. The minimum Gasteiger partial charge on any atom is -0.497 e. The molecule has 6 heteroatoms. The molecular weight excluding hydrogens is 368 g/mol. The van der Waals surface area contributed by atoms with Gasteiger partial charge in [-0.2, -0.15) is 0 Å². The Labute approximate surface area is 169 Å². The van der Waals surface area contributed by atoms with Crippen LogP contribution in [0.3, 0.4) is 0 Å². The van der Waals surface area contributed by atoms with E-state index in [1.54, 1.807) is 25.6 Å². The lowest BCUT2D eigenvalue weighted by atomic mass is 9.91. The molecule has 2 heterocycles. The van der Waals surface area contributed by atoms with E-state index in [0.717, 1.165) is 34.6 Å². The number of anilines is 1. The zero-order chi connectivity index (χ0) is 20.2. The Bertz CT molecular complexity index is 973. The topological polar surface area (TPSA) is 83.8 Å². The van der Waals surface area contributed by atoms with E-state index in [9.17, 15) is 10.2 Å². The number of rotatable bonds is 6. The lowest BCUT2D eigenvalue weighted by Crippen LogP contribution is -2.21. The molecule has 29 heavy (non-hydrogen) atoms. The summed E-state index contributed by atoms with van der Waals surface area (Å²) in [5.41, 5.74) is 4.40. The Balaban J connectivity index is 1.53. The van der Waals surface area contributed by atoms with Crippen LogP contribution in [0.25, 0.3) is 11.1 Å². The van der Waals surface area contributed by atoms with Crippen molar-refractivity contribution in [2.45, 2.75) is 18.6 Å². The van der Waals surface area contributed by atoms with Crippen molar-refractivity contribution in [2.75, 3.05) is 25.6 Å². The van der Waals surface area contributed by atoms with Gasteiger partial charge in [-0.25, -0.2) is 0 Å². The predicted molar refractivity (Wildman–Crippen MR) is 111 cm³/mol. The number of nitrogens with one attached hydrogen (secondary N) is 1. The van der Waals surface area contributed by atoms with Crippen molar-refractivity contribution in [1.82, 2.24) is 4.98 Å². The van der Waals surface area contributed by atoms with E-state index in [4.69, 9.17) is 9.47 Å². The summed E-state index contributed by atoms with van der Waals surface area (Å²) in [4.78, 5) is 4.07. The van der Waals surface area contributed by atoms with Gasteiger partial charge in [-0.1, -0.05) is 24.3 Å². The molecule has 150 valence electrons. The van der Waals surface area contributed by atoms with E-state index in [1.165, 1.54) is 0 Å². The molecule has 0 fully saturated rings. The number of pyridine rings is 1. The number of hydrogen-bond donors (Lipinski definition) is 3. The molecular formula is C23H24N2O4. The van der Waals surface area contributed by atoms with Crippen LogP contribution >= 0.6 is 0 Å². The van der Waals surface area contributed by atoms with Crippen LogP contribution in [0.15, 0.2) is 60.9 Å². The molecule has 0 radical (unpaired) electrons. The van der Waals surface area contributed by atoms with Crippen LogP contribution in [0.1, 0.15) is 29.8 Å².